The predicted octanol–water partition coefficient (Wildman–Crippen LogP) is 4.11. The molecule has 0 heterocycles. The summed E-state index contributed by atoms with van der Waals surface area (Å²) in [5.41, 5.74) is 1.24. The van der Waals surface area contributed by atoms with Gasteiger partial charge in [-0.15, -0.1) is 0 Å². The lowest BCUT2D eigenvalue weighted by Gasteiger charge is -2.45. The molecule has 1 aromatic rings. The molecule has 1 saturated carbocycles. The van der Waals surface area contributed by atoms with Crippen molar-refractivity contribution in [1.82, 2.24) is 10.2 Å². The van der Waals surface area contributed by atoms with E-state index in [4.69, 9.17) is 11.6 Å². The van der Waals surface area contributed by atoms with E-state index in [-0.39, 0.29) is 0 Å². The minimum absolute atomic E-state index is 0.377. The SMILES string of the molecule is CCCNCC1CCC1N(C)C(C)c1ccccc1Cl. The van der Waals surface area contributed by atoms with Crippen molar-refractivity contribution < 1.29 is 0 Å². The van der Waals surface area contributed by atoms with Gasteiger partial charge in [0.25, 0.3) is 0 Å². The van der Waals surface area contributed by atoms with Crippen LogP contribution in [0.3, 0.4) is 0 Å². The molecule has 0 bridgehead atoms. The van der Waals surface area contributed by atoms with Gasteiger partial charge in [-0.05, 0) is 63.9 Å². The van der Waals surface area contributed by atoms with Gasteiger partial charge in [0.05, 0.1) is 0 Å². The second-order valence-corrected chi connectivity index (χ2v) is 6.38. The Bertz CT molecular complexity index is 421. The molecule has 3 atom stereocenters. The molecule has 112 valence electrons. The maximum Gasteiger partial charge on any atom is 0.0453 e. The number of hydrogen-bond donors (Lipinski definition) is 1. The molecule has 0 saturated heterocycles. The fourth-order valence-electron chi connectivity index (χ4n) is 3.11. The van der Waals surface area contributed by atoms with Crippen LogP contribution in [0.2, 0.25) is 5.02 Å². The maximum atomic E-state index is 6.33. The Morgan fingerprint density at radius 3 is 2.70 bits per heavy atom. The molecule has 20 heavy (non-hydrogen) atoms. The van der Waals surface area contributed by atoms with Gasteiger partial charge in [-0.3, -0.25) is 4.90 Å². The summed E-state index contributed by atoms with van der Waals surface area (Å²) in [6.45, 7) is 6.76. The van der Waals surface area contributed by atoms with Crippen LogP contribution in [-0.2, 0) is 0 Å². The van der Waals surface area contributed by atoms with Crippen LogP contribution in [0.1, 0.15) is 44.7 Å². The first kappa shape index (κ1) is 15.8. The molecule has 0 radical (unpaired) electrons. The van der Waals surface area contributed by atoms with Crippen molar-refractivity contribution in [2.75, 3.05) is 20.1 Å². The lowest BCUT2D eigenvalue weighted by atomic mass is 9.77. The standard InChI is InChI=1S/C17H27ClN2/c1-4-11-19-12-14-9-10-17(14)20(3)13(2)15-7-5-6-8-16(15)18/h5-8,13-14,17,19H,4,9-12H2,1-3H3. The van der Waals surface area contributed by atoms with Crippen molar-refractivity contribution in [3.63, 3.8) is 0 Å². The molecule has 0 aliphatic heterocycles. The van der Waals surface area contributed by atoms with Crippen molar-refractivity contribution in [3.05, 3.63) is 34.9 Å². The summed E-state index contributed by atoms with van der Waals surface area (Å²) in [7, 11) is 2.24. The molecule has 0 amide bonds. The van der Waals surface area contributed by atoms with Gasteiger partial charge in [-0.2, -0.15) is 0 Å². The lowest BCUT2D eigenvalue weighted by Crippen LogP contribution is -2.49. The summed E-state index contributed by atoms with van der Waals surface area (Å²) < 4.78 is 0. The van der Waals surface area contributed by atoms with Crippen LogP contribution in [0.25, 0.3) is 0 Å². The third-order valence-electron chi connectivity index (χ3n) is 4.70. The molecule has 1 fully saturated rings. The van der Waals surface area contributed by atoms with Gasteiger partial charge in [-0.25, -0.2) is 0 Å². The summed E-state index contributed by atoms with van der Waals surface area (Å²) in [6.07, 6.45) is 3.87. The number of benzene rings is 1. The van der Waals surface area contributed by atoms with Gasteiger partial charge in [0.2, 0.25) is 0 Å². The summed E-state index contributed by atoms with van der Waals surface area (Å²) in [5, 5.41) is 4.44. The Labute approximate surface area is 128 Å². The van der Waals surface area contributed by atoms with Crippen LogP contribution in [0, 0.1) is 5.92 Å². The normalized spacial score (nSPS) is 23.6. The van der Waals surface area contributed by atoms with Crippen LogP contribution in [0.4, 0.5) is 0 Å². The Morgan fingerprint density at radius 2 is 2.10 bits per heavy atom. The highest BCUT2D eigenvalue weighted by molar-refractivity contribution is 6.31. The van der Waals surface area contributed by atoms with Crippen LogP contribution in [0.15, 0.2) is 24.3 Å². The molecule has 3 heteroatoms. The van der Waals surface area contributed by atoms with E-state index < -0.39 is 0 Å². The summed E-state index contributed by atoms with van der Waals surface area (Å²) in [5.74, 6) is 0.788. The van der Waals surface area contributed by atoms with E-state index in [1.165, 1.54) is 24.8 Å². The van der Waals surface area contributed by atoms with Gasteiger partial charge in [0, 0.05) is 17.1 Å². The molecular weight excluding hydrogens is 268 g/mol. The summed E-state index contributed by atoms with van der Waals surface area (Å²) in [4.78, 5) is 2.50. The van der Waals surface area contributed by atoms with E-state index in [0.717, 1.165) is 24.0 Å². The predicted molar refractivity (Wildman–Crippen MR) is 87.3 cm³/mol. The number of nitrogens with one attached hydrogen (secondary N) is 1. The molecule has 2 nitrogen and oxygen atoms in total. The molecule has 0 spiro atoms. The third kappa shape index (κ3) is 3.55. The third-order valence-corrected chi connectivity index (χ3v) is 5.04. The number of halogens is 1. The maximum absolute atomic E-state index is 6.33. The fraction of sp³-hybridized carbons (Fsp3) is 0.647. The largest absolute Gasteiger partial charge is 0.316 e. The van der Waals surface area contributed by atoms with Crippen LogP contribution in [-0.4, -0.2) is 31.1 Å². The van der Waals surface area contributed by atoms with Crippen LogP contribution >= 0.6 is 11.6 Å². The average molecular weight is 295 g/mol. The lowest BCUT2D eigenvalue weighted by molar-refractivity contribution is 0.0550. The Hall–Kier alpha value is -0.570. The van der Waals surface area contributed by atoms with E-state index in [0.29, 0.717) is 12.1 Å². The van der Waals surface area contributed by atoms with Crippen molar-refractivity contribution in [2.45, 2.75) is 45.2 Å². The highest BCUT2D eigenvalue weighted by atomic mass is 35.5. The van der Waals surface area contributed by atoms with E-state index in [2.05, 4.69) is 43.2 Å². The van der Waals surface area contributed by atoms with Crippen molar-refractivity contribution in [2.24, 2.45) is 5.92 Å². The zero-order valence-corrected chi connectivity index (χ0v) is 13.7. The van der Waals surface area contributed by atoms with E-state index >= 15 is 0 Å². The minimum atomic E-state index is 0.377. The van der Waals surface area contributed by atoms with Gasteiger partial charge in [0.15, 0.2) is 0 Å². The number of rotatable bonds is 7. The van der Waals surface area contributed by atoms with Crippen molar-refractivity contribution >= 4 is 11.6 Å². The second kappa shape index (κ2) is 7.44. The van der Waals surface area contributed by atoms with E-state index in [1.54, 1.807) is 0 Å². The summed E-state index contributed by atoms with van der Waals surface area (Å²) in [6, 6.07) is 9.27. The molecular formula is C17H27ClN2. The highest BCUT2D eigenvalue weighted by Crippen LogP contribution is 2.36. The quantitative estimate of drug-likeness (QED) is 0.761. The molecule has 2 rings (SSSR count). The molecule has 1 aromatic carbocycles. The monoisotopic (exact) mass is 294 g/mol. The van der Waals surface area contributed by atoms with Crippen LogP contribution < -0.4 is 5.32 Å². The fourth-order valence-corrected chi connectivity index (χ4v) is 3.40. The van der Waals surface area contributed by atoms with Gasteiger partial charge in [0.1, 0.15) is 0 Å². The zero-order valence-electron chi connectivity index (χ0n) is 12.9. The number of nitrogens with zero attached hydrogens (tertiary/aromatic N) is 1. The highest BCUT2D eigenvalue weighted by Gasteiger charge is 2.35. The molecule has 1 aliphatic carbocycles. The van der Waals surface area contributed by atoms with Crippen molar-refractivity contribution in [3.8, 4) is 0 Å². The smallest absolute Gasteiger partial charge is 0.0453 e. The Morgan fingerprint density at radius 1 is 1.35 bits per heavy atom. The molecule has 3 unspecified atom stereocenters. The molecule has 1 aliphatic rings. The molecule has 0 aromatic heterocycles. The van der Waals surface area contributed by atoms with Gasteiger partial charge in [-0.1, -0.05) is 36.7 Å². The first-order valence-electron chi connectivity index (χ1n) is 7.82. The van der Waals surface area contributed by atoms with E-state index in [1.807, 2.05) is 12.1 Å². The van der Waals surface area contributed by atoms with Crippen LogP contribution in [0.5, 0.6) is 0 Å². The van der Waals surface area contributed by atoms with Gasteiger partial charge < -0.3 is 5.32 Å². The second-order valence-electron chi connectivity index (χ2n) is 5.97. The first-order chi connectivity index (χ1) is 9.65. The average Bonchev–Trinajstić information content (AvgIpc) is 2.42. The Kier molecular flexibility index (Phi) is 5.88. The Balaban J connectivity index is 1.93. The zero-order chi connectivity index (χ0) is 14.5. The van der Waals surface area contributed by atoms with E-state index in [9.17, 15) is 0 Å². The van der Waals surface area contributed by atoms with Crippen molar-refractivity contribution in [1.29, 1.82) is 0 Å². The minimum Gasteiger partial charge on any atom is -0.316 e. The summed E-state index contributed by atoms with van der Waals surface area (Å²) >= 11 is 6.33. The first-order valence-corrected chi connectivity index (χ1v) is 8.20. The number of hydrogen-bond acceptors (Lipinski definition) is 2. The topological polar surface area (TPSA) is 15.3 Å². The molecule has 1 N–H and O–H groups in total. The van der Waals surface area contributed by atoms with Gasteiger partial charge >= 0.3 is 0 Å².